The van der Waals surface area contributed by atoms with Gasteiger partial charge >= 0.3 is 0 Å². The Bertz CT molecular complexity index is 895. The largest absolute Gasteiger partial charge is 0.245 e. The zero-order chi connectivity index (χ0) is 12.1. The lowest BCUT2D eigenvalue weighted by Crippen LogP contribution is -1.74. The van der Waals surface area contributed by atoms with E-state index in [4.69, 9.17) is 11.6 Å². The van der Waals surface area contributed by atoms with E-state index < -0.39 is 0 Å². The lowest BCUT2D eigenvalue weighted by molar-refractivity contribution is 1.45. The van der Waals surface area contributed by atoms with Crippen LogP contribution in [0.1, 0.15) is 0 Å². The lowest BCUT2D eigenvalue weighted by Gasteiger charge is -2.01. The summed E-state index contributed by atoms with van der Waals surface area (Å²) < 4.78 is 1.27. The van der Waals surface area contributed by atoms with E-state index in [-0.39, 0.29) is 0 Å². The molecule has 0 spiro atoms. The Kier molecular flexibility index (Phi) is 2.10. The topological polar surface area (TPSA) is 12.9 Å². The third-order valence-electron chi connectivity index (χ3n) is 3.22. The summed E-state index contributed by atoms with van der Waals surface area (Å²) in [5.74, 6) is 0. The molecule has 2 aromatic heterocycles. The van der Waals surface area contributed by atoms with Gasteiger partial charge in [-0.15, -0.1) is 11.3 Å². The number of thiophene rings is 1. The summed E-state index contributed by atoms with van der Waals surface area (Å²) in [7, 11) is 0. The van der Waals surface area contributed by atoms with E-state index >= 15 is 0 Å². The molecule has 18 heavy (non-hydrogen) atoms. The van der Waals surface area contributed by atoms with Crippen molar-refractivity contribution in [1.82, 2.24) is 4.98 Å². The zero-order valence-electron chi connectivity index (χ0n) is 9.35. The lowest BCUT2D eigenvalue weighted by atomic mass is 10.1. The highest BCUT2D eigenvalue weighted by Gasteiger charge is 2.09. The fourth-order valence-electron chi connectivity index (χ4n) is 2.39. The first kappa shape index (κ1) is 10.3. The van der Waals surface area contributed by atoms with Crippen LogP contribution in [0.3, 0.4) is 0 Å². The molecule has 0 unspecified atom stereocenters. The van der Waals surface area contributed by atoms with Crippen molar-refractivity contribution >= 4 is 54.0 Å². The first-order valence-electron chi connectivity index (χ1n) is 5.69. The predicted molar refractivity (Wildman–Crippen MR) is 79.6 cm³/mol. The minimum atomic E-state index is 0.805. The summed E-state index contributed by atoms with van der Waals surface area (Å²) >= 11 is 7.98. The molecule has 0 aliphatic rings. The van der Waals surface area contributed by atoms with Crippen molar-refractivity contribution in [3.63, 3.8) is 0 Å². The number of pyridine rings is 1. The summed E-state index contributed by atoms with van der Waals surface area (Å²) in [5, 5.41) is 5.61. The molecule has 4 aromatic rings. The number of aromatic nitrogens is 1. The average molecular weight is 270 g/mol. The van der Waals surface area contributed by atoms with E-state index in [1.165, 1.54) is 20.9 Å². The molecule has 0 amide bonds. The summed E-state index contributed by atoms with van der Waals surface area (Å²) in [6.07, 6.45) is 1.84. The molecule has 3 heteroatoms. The van der Waals surface area contributed by atoms with Crippen LogP contribution in [-0.4, -0.2) is 4.98 Å². The van der Waals surface area contributed by atoms with Gasteiger partial charge in [0.1, 0.15) is 4.83 Å². The molecule has 0 bridgehead atoms. The van der Waals surface area contributed by atoms with Crippen LogP contribution in [0, 0.1) is 0 Å². The highest BCUT2D eigenvalue weighted by Crippen LogP contribution is 2.38. The van der Waals surface area contributed by atoms with Gasteiger partial charge in [0, 0.05) is 37.5 Å². The molecule has 2 aromatic carbocycles. The number of benzene rings is 2. The average Bonchev–Trinajstić information content (AvgIpc) is 2.78. The van der Waals surface area contributed by atoms with E-state index in [1.807, 2.05) is 24.4 Å². The van der Waals surface area contributed by atoms with Crippen molar-refractivity contribution in [2.24, 2.45) is 0 Å². The van der Waals surface area contributed by atoms with Gasteiger partial charge in [-0.1, -0.05) is 35.9 Å². The van der Waals surface area contributed by atoms with Crippen LogP contribution in [0.15, 0.2) is 48.7 Å². The molecule has 1 nitrogen and oxygen atoms in total. The Hall–Kier alpha value is -1.64. The number of hydrogen-bond acceptors (Lipinski definition) is 2. The second-order valence-electron chi connectivity index (χ2n) is 4.24. The van der Waals surface area contributed by atoms with E-state index in [0.29, 0.717) is 0 Å². The quantitative estimate of drug-likeness (QED) is 0.424. The van der Waals surface area contributed by atoms with E-state index in [1.54, 1.807) is 11.3 Å². The first-order chi connectivity index (χ1) is 8.84. The van der Waals surface area contributed by atoms with Gasteiger partial charge in [0.05, 0.1) is 0 Å². The van der Waals surface area contributed by atoms with Gasteiger partial charge in [0.25, 0.3) is 0 Å². The molecule has 0 saturated carbocycles. The van der Waals surface area contributed by atoms with Crippen molar-refractivity contribution < 1.29 is 0 Å². The van der Waals surface area contributed by atoms with Crippen LogP contribution >= 0.6 is 22.9 Å². The molecule has 0 N–H and O–H groups in total. The highest BCUT2D eigenvalue weighted by molar-refractivity contribution is 7.26. The van der Waals surface area contributed by atoms with Crippen molar-refractivity contribution in [3.8, 4) is 0 Å². The maximum atomic E-state index is 6.25. The molecule has 86 valence electrons. The van der Waals surface area contributed by atoms with Gasteiger partial charge in [-0.05, 0) is 18.2 Å². The Morgan fingerprint density at radius 3 is 2.56 bits per heavy atom. The van der Waals surface area contributed by atoms with Crippen LogP contribution in [0.2, 0.25) is 5.02 Å². The number of rotatable bonds is 0. The Balaban J connectivity index is 2.32. The maximum Gasteiger partial charge on any atom is 0.124 e. The van der Waals surface area contributed by atoms with Crippen molar-refractivity contribution in [2.45, 2.75) is 0 Å². The van der Waals surface area contributed by atoms with Crippen LogP contribution in [0.4, 0.5) is 0 Å². The van der Waals surface area contributed by atoms with Gasteiger partial charge in [0.2, 0.25) is 0 Å². The molecule has 0 fully saturated rings. The van der Waals surface area contributed by atoms with Gasteiger partial charge in [-0.25, -0.2) is 4.98 Å². The fourth-order valence-corrected chi connectivity index (χ4v) is 3.80. The standard InChI is InChI=1S/C15H8ClNS/c16-13-5-1-3-10-9(13)6-7-11-12-4-2-8-17-15(12)18-14(10)11/h1-8H. The molecule has 0 radical (unpaired) electrons. The number of fused-ring (bicyclic) bond motifs is 5. The Morgan fingerprint density at radius 1 is 0.833 bits per heavy atom. The van der Waals surface area contributed by atoms with E-state index in [2.05, 4.69) is 29.2 Å². The van der Waals surface area contributed by atoms with E-state index in [0.717, 1.165) is 15.2 Å². The Labute approximate surface area is 113 Å². The maximum absolute atomic E-state index is 6.25. The summed E-state index contributed by atoms with van der Waals surface area (Å²) in [6.45, 7) is 0. The smallest absolute Gasteiger partial charge is 0.124 e. The second kappa shape index (κ2) is 3.67. The SMILES string of the molecule is Clc1cccc2c1ccc1c3cccnc3sc21. The first-order valence-corrected chi connectivity index (χ1v) is 6.88. The zero-order valence-corrected chi connectivity index (χ0v) is 10.9. The number of hydrogen-bond donors (Lipinski definition) is 0. The third-order valence-corrected chi connectivity index (χ3v) is 4.71. The normalized spacial score (nSPS) is 11.6. The van der Waals surface area contributed by atoms with Crippen molar-refractivity contribution in [1.29, 1.82) is 0 Å². The van der Waals surface area contributed by atoms with Crippen LogP contribution in [-0.2, 0) is 0 Å². The molecular formula is C15H8ClNS. The van der Waals surface area contributed by atoms with Crippen LogP contribution < -0.4 is 0 Å². The van der Waals surface area contributed by atoms with Crippen molar-refractivity contribution in [3.05, 3.63) is 53.7 Å². The van der Waals surface area contributed by atoms with Gasteiger partial charge in [0.15, 0.2) is 0 Å². The summed E-state index contributed by atoms with van der Waals surface area (Å²) in [4.78, 5) is 5.52. The predicted octanol–water partition coefficient (Wildman–Crippen LogP) is 5.26. The number of halogens is 1. The minimum absolute atomic E-state index is 0.805. The highest BCUT2D eigenvalue weighted by atomic mass is 35.5. The molecule has 0 aliphatic heterocycles. The fraction of sp³-hybridized carbons (Fsp3) is 0. The monoisotopic (exact) mass is 269 g/mol. The van der Waals surface area contributed by atoms with Crippen LogP contribution in [0.5, 0.6) is 0 Å². The molecular weight excluding hydrogens is 262 g/mol. The molecule has 0 atom stereocenters. The summed E-state index contributed by atoms with van der Waals surface area (Å²) in [6, 6.07) is 14.4. The summed E-state index contributed by atoms with van der Waals surface area (Å²) in [5.41, 5.74) is 0. The second-order valence-corrected chi connectivity index (χ2v) is 5.64. The minimum Gasteiger partial charge on any atom is -0.245 e. The van der Waals surface area contributed by atoms with E-state index in [9.17, 15) is 0 Å². The molecule has 0 saturated heterocycles. The molecule has 2 heterocycles. The molecule has 4 rings (SSSR count). The third kappa shape index (κ3) is 1.30. The Morgan fingerprint density at radius 2 is 1.61 bits per heavy atom. The van der Waals surface area contributed by atoms with Gasteiger partial charge in [-0.3, -0.25) is 0 Å². The number of nitrogens with zero attached hydrogens (tertiary/aromatic N) is 1. The van der Waals surface area contributed by atoms with Crippen LogP contribution in [0.25, 0.3) is 31.1 Å². The molecule has 0 aliphatic carbocycles. The van der Waals surface area contributed by atoms with Gasteiger partial charge in [-0.2, -0.15) is 0 Å². The van der Waals surface area contributed by atoms with Gasteiger partial charge < -0.3 is 0 Å². The van der Waals surface area contributed by atoms with Crippen molar-refractivity contribution in [2.75, 3.05) is 0 Å².